The van der Waals surface area contributed by atoms with Gasteiger partial charge < -0.3 is 5.11 Å². The van der Waals surface area contributed by atoms with Crippen LogP contribution in [0.3, 0.4) is 0 Å². The van der Waals surface area contributed by atoms with Gasteiger partial charge in [0.25, 0.3) is 0 Å². The van der Waals surface area contributed by atoms with Gasteiger partial charge in [0.15, 0.2) is 0 Å². The van der Waals surface area contributed by atoms with Crippen molar-refractivity contribution in [2.75, 3.05) is 0 Å². The van der Waals surface area contributed by atoms with Gasteiger partial charge in [-0.15, -0.1) is 5.75 Å². The Kier molecular flexibility index (Phi) is 5.58. The molecule has 0 aromatic heterocycles. The molecule has 0 saturated carbocycles. The van der Waals surface area contributed by atoms with Crippen LogP contribution >= 0.6 is 0 Å². The molecule has 0 bridgehead atoms. The van der Waals surface area contributed by atoms with E-state index in [1.807, 2.05) is 12.1 Å². The number of benzene rings is 1. The van der Waals surface area contributed by atoms with Crippen molar-refractivity contribution in [3.63, 3.8) is 0 Å². The van der Waals surface area contributed by atoms with Gasteiger partial charge in [-0.3, -0.25) is 0 Å². The zero-order chi connectivity index (χ0) is 11.7. The first-order valence-electron chi connectivity index (χ1n) is 5.49. The maximum absolute atomic E-state index is 11.8. The van der Waals surface area contributed by atoms with Crippen LogP contribution in [0.4, 0.5) is 0 Å². The number of rotatable bonds is 2. The molecule has 0 aliphatic heterocycles. The van der Waals surface area contributed by atoms with Gasteiger partial charge in [-0.25, -0.2) is 0 Å². The van der Waals surface area contributed by atoms with E-state index in [9.17, 15) is 5.11 Å². The standard InChI is InChI=1S/C14H22O.Na/c1-13(2,3)10-14(4,5)11-8-6-7-9-12(11)15;/h6-9,15H,10H2,1-5H3;/q;+1/p-1. The van der Waals surface area contributed by atoms with Crippen LogP contribution < -0.4 is 34.7 Å². The minimum atomic E-state index is -0.0450. The van der Waals surface area contributed by atoms with Gasteiger partial charge in [-0.2, -0.15) is 0 Å². The van der Waals surface area contributed by atoms with Crippen LogP contribution in [-0.2, 0) is 5.41 Å². The maximum Gasteiger partial charge on any atom is 1.00 e. The van der Waals surface area contributed by atoms with Crippen LogP contribution in [0, 0.1) is 5.41 Å². The molecule has 16 heavy (non-hydrogen) atoms. The average molecular weight is 228 g/mol. The van der Waals surface area contributed by atoms with Crippen molar-refractivity contribution in [2.45, 2.75) is 46.5 Å². The van der Waals surface area contributed by atoms with E-state index in [1.54, 1.807) is 12.1 Å². The smallest absolute Gasteiger partial charge is 0.872 e. The van der Waals surface area contributed by atoms with Crippen molar-refractivity contribution in [3.05, 3.63) is 29.8 Å². The number of para-hydroxylation sites is 1. The molecule has 1 aromatic rings. The predicted octanol–water partition coefficient (Wildman–Crippen LogP) is 0.478. The molecule has 0 aliphatic rings. The number of hydrogen-bond donors (Lipinski definition) is 0. The van der Waals surface area contributed by atoms with E-state index >= 15 is 0 Å². The first-order valence-corrected chi connectivity index (χ1v) is 5.49. The van der Waals surface area contributed by atoms with Crippen molar-refractivity contribution >= 4 is 0 Å². The van der Waals surface area contributed by atoms with E-state index < -0.39 is 0 Å². The summed E-state index contributed by atoms with van der Waals surface area (Å²) in [4.78, 5) is 0. The summed E-state index contributed by atoms with van der Waals surface area (Å²) in [6, 6.07) is 7.36. The third kappa shape index (κ3) is 4.48. The molecule has 0 aliphatic carbocycles. The van der Waals surface area contributed by atoms with E-state index in [0.29, 0.717) is 0 Å². The predicted molar refractivity (Wildman–Crippen MR) is 63.0 cm³/mol. The molecule has 84 valence electrons. The zero-order valence-electron chi connectivity index (χ0n) is 11.4. The summed E-state index contributed by atoms with van der Waals surface area (Å²) in [5.74, 6) is 0.159. The fraction of sp³-hybridized carbons (Fsp3) is 0.571. The molecule has 0 amide bonds. The van der Waals surface area contributed by atoms with Crippen LogP contribution in [0.1, 0.15) is 46.6 Å². The van der Waals surface area contributed by atoms with Crippen LogP contribution in [0.15, 0.2) is 24.3 Å². The van der Waals surface area contributed by atoms with E-state index in [0.717, 1.165) is 12.0 Å². The fourth-order valence-corrected chi connectivity index (χ4v) is 2.45. The summed E-state index contributed by atoms with van der Waals surface area (Å²) >= 11 is 0. The van der Waals surface area contributed by atoms with Crippen LogP contribution in [0.5, 0.6) is 5.75 Å². The third-order valence-corrected chi connectivity index (χ3v) is 2.59. The van der Waals surface area contributed by atoms with Gasteiger partial charge in [0, 0.05) is 0 Å². The molecule has 0 N–H and O–H groups in total. The molecule has 2 heteroatoms. The minimum absolute atomic E-state index is 0. The van der Waals surface area contributed by atoms with E-state index in [2.05, 4.69) is 34.6 Å². The third-order valence-electron chi connectivity index (χ3n) is 2.59. The van der Waals surface area contributed by atoms with Crippen molar-refractivity contribution in [1.29, 1.82) is 0 Å². The van der Waals surface area contributed by atoms with E-state index in [1.165, 1.54) is 0 Å². The molecule has 0 saturated heterocycles. The monoisotopic (exact) mass is 228 g/mol. The second kappa shape index (κ2) is 5.57. The average Bonchev–Trinajstić information content (AvgIpc) is 1.99. The van der Waals surface area contributed by atoms with Gasteiger partial charge in [0.1, 0.15) is 0 Å². The summed E-state index contributed by atoms with van der Waals surface area (Å²) in [5, 5.41) is 11.8. The Morgan fingerprint density at radius 3 is 1.94 bits per heavy atom. The van der Waals surface area contributed by atoms with Gasteiger partial charge in [-0.05, 0) is 17.3 Å². The molecule has 0 unspecified atom stereocenters. The molecule has 0 heterocycles. The summed E-state index contributed by atoms with van der Waals surface area (Å²) in [6.07, 6.45) is 1.01. The molecule has 0 radical (unpaired) electrons. The van der Waals surface area contributed by atoms with Gasteiger partial charge in [0.05, 0.1) is 0 Å². The topological polar surface area (TPSA) is 23.1 Å². The Hall–Kier alpha value is 0.0200. The summed E-state index contributed by atoms with van der Waals surface area (Å²) < 4.78 is 0. The molecular weight excluding hydrogens is 207 g/mol. The first-order chi connectivity index (χ1) is 6.72. The summed E-state index contributed by atoms with van der Waals surface area (Å²) in [6.45, 7) is 10.9. The Bertz CT molecular complexity index is 337. The maximum atomic E-state index is 11.8. The van der Waals surface area contributed by atoms with Crippen LogP contribution in [-0.4, -0.2) is 0 Å². The Morgan fingerprint density at radius 2 is 1.50 bits per heavy atom. The SMILES string of the molecule is CC(C)(C)CC(C)(C)c1ccccc1[O-].[Na+]. The van der Waals surface area contributed by atoms with Crippen LogP contribution in [0.25, 0.3) is 0 Å². The van der Waals surface area contributed by atoms with Crippen molar-refractivity contribution in [2.24, 2.45) is 5.41 Å². The molecule has 1 nitrogen and oxygen atoms in total. The minimum Gasteiger partial charge on any atom is -0.872 e. The second-order valence-electron chi connectivity index (χ2n) is 6.12. The molecular formula is C14H21NaO. The Balaban J connectivity index is 0.00000225. The first kappa shape index (κ1) is 16.0. The van der Waals surface area contributed by atoms with Crippen molar-refractivity contribution < 1.29 is 34.7 Å². The summed E-state index contributed by atoms with van der Waals surface area (Å²) in [5.41, 5.74) is 1.13. The van der Waals surface area contributed by atoms with E-state index in [-0.39, 0.29) is 46.1 Å². The quantitative estimate of drug-likeness (QED) is 0.675. The molecule has 1 aromatic carbocycles. The number of hydrogen-bond acceptors (Lipinski definition) is 1. The van der Waals surface area contributed by atoms with Gasteiger partial charge in [-0.1, -0.05) is 64.4 Å². The molecule has 0 atom stereocenters. The van der Waals surface area contributed by atoms with Gasteiger partial charge in [0.2, 0.25) is 0 Å². The normalized spacial score (nSPS) is 12.1. The Morgan fingerprint density at radius 1 is 1.00 bits per heavy atom. The van der Waals surface area contributed by atoms with E-state index in [4.69, 9.17) is 0 Å². The van der Waals surface area contributed by atoms with Crippen LogP contribution in [0.2, 0.25) is 0 Å². The fourth-order valence-electron chi connectivity index (χ4n) is 2.45. The zero-order valence-corrected chi connectivity index (χ0v) is 13.4. The molecule has 0 spiro atoms. The molecule has 1 rings (SSSR count). The van der Waals surface area contributed by atoms with Crippen molar-refractivity contribution in [1.82, 2.24) is 0 Å². The van der Waals surface area contributed by atoms with Crippen molar-refractivity contribution in [3.8, 4) is 5.75 Å². The largest absolute Gasteiger partial charge is 1.00 e. The second-order valence-corrected chi connectivity index (χ2v) is 6.12. The van der Waals surface area contributed by atoms with Gasteiger partial charge >= 0.3 is 29.6 Å². The Labute approximate surface area is 122 Å². The molecule has 0 fully saturated rings. The summed E-state index contributed by atoms with van der Waals surface area (Å²) in [7, 11) is 0.